The molecular weight excluding hydrogens is 276 g/mol. The third kappa shape index (κ3) is 3.03. The highest BCUT2D eigenvalue weighted by atomic mass is 32.1. The first-order chi connectivity index (χ1) is 9.65. The monoisotopic (exact) mass is 290 g/mol. The molecule has 0 radical (unpaired) electrons. The van der Waals surface area contributed by atoms with Gasteiger partial charge in [-0.25, -0.2) is 4.79 Å². The van der Waals surface area contributed by atoms with Crippen LogP contribution in [0.5, 0.6) is 0 Å². The molecule has 0 amide bonds. The van der Waals surface area contributed by atoms with Crippen molar-refractivity contribution in [1.29, 1.82) is 0 Å². The normalized spacial score (nSPS) is 17.6. The van der Waals surface area contributed by atoms with Gasteiger partial charge in [0.25, 0.3) is 0 Å². The highest BCUT2D eigenvalue weighted by Gasteiger charge is 2.27. The average Bonchev–Trinajstić information content (AvgIpc) is 2.47. The van der Waals surface area contributed by atoms with Crippen molar-refractivity contribution in [2.45, 2.75) is 13.0 Å². The lowest BCUT2D eigenvalue weighted by Gasteiger charge is -2.26. The van der Waals surface area contributed by atoms with Crippen LogP contribution in [0.3, 0.4) is 0 Å². The topological polar surface area (TPSA) is 67.4 Å². The minimum Gasteiger partial charge on any atom is -0.463 e. The number of carbonyl (C=O) groups excluding carboxylic acids is 2. The van der Waals surface area contributed by atoms with E-state index in [-0.39, 0.29) is 0 Å². The molecule has 1 heterocycles. The second-order valence-electron chi connectivity index (χ2n) is 4.16. The van der Waals surface area contributed by atoms with E-state index in [1.54, 1.807) is 25.1 Å². The van der Waals surface area contributed by atoms with E-state index in [4.69, 9.17) is 17.0 Å². The number of thiocarbonyl (C=S) groups is 1. The summed E-state index contributed by atoms with van der Waals surface area (Å²) in [6.07, 6.45) is 2.30. The Kier molecular flexibility index (Phi) is 4.47. The molecule has 2 N–H and O–H groups in total. The lowest BCUT2D eigenvalue weighted by molar-refractivity contribution is -0.138. The van der Waals surface area contributed by atoms with Crippen molar-refractivity contribution in [3.8, 4) is 0 Å². The van der Waals surface area contributed by atoms with Crippen LogP contribution in [0.15, 0.2) is 36.0 Å². The number of hydrogen-bond acceptors (Lipinski definition) is 4. The third-order valence-corrected chi connectivity index (χ3v) is 3.07. The Bertz CT molecular complexity index is 584. The van der Waals surface area contributed by atoms with Crippen LogP contribution < -0.4 is 10.6 Å². The van der Waals surface area contributed by atoms with Gasteiger partial charge in [-0.3, -0.25) is 4.79 Å². The Labute approximate surface area is 122 Å². The van der Waals surface area contributed by atoms with E-state index in [0.717, 1.165) is 11.8 Å². The van der Waals surface area contributed by atoms with Crippen molar-refractivity contribution in [1.82, 2.24) is 10.6 Å². The zero-order valence-electron chi connectivity index (χ0n) is 10.9. The van der Waals surface area contributed by atoms with Gasteiger partial charge in [-0.1, -0.05) is 18.2 Å². The number of nitrogens with one attached hydrogen (secondary N) is 2. The summed E-state index contributed by atoms with van der Waals surface area (Å²) < 4.78 is 5.02. The highest BCUT2D eigenvalue weighted by Crippen LogP contribution is 2.25. The predicted octanol–water partition coefficient (Wildman–Crippen LogP) is 1.46. The van der Waals surface area contributed by atoms with Gasteiger partial charge in [0.05, 0.1) is 18.2 Å². The summed E-state index contributed by atoms with van der Waals surface area (Å²) >= 11 is 5.06. The molecule has 0 aliphatic carbocycles. The van der Waals surface area contributed by atoms with Gasteiger partial charge in [0.2, 0.25) is 0 Å². The standard InChI is InChI=1S/C14H14N2O3S/c1-2-19-13(18)11-7-15-14(20)16-12(11)10-5-3-4-9(6-10)8-17/h3-8,12H,2H2,1H3,(H2,15,16,20). The van der Waals surface area contributed by atoms with E-state index in [1.165, 1.54) is 6.20 Å². The van der Waals surface area contributed by atoms with Gasteiger partial charge in [-0.15, -0.1) is 0 Å². The predicted molar refractivity (Wildman–Crippen MR) is 78.2 cm³/mol. The molecule has 1 aliphatic heterocycles. The summed E-state index contributed by atoms with van der Waals surface area (Å²) in [6.45, 7) is 2.04. The average molecular weight is 290 g/mol. The molecule has 2 rings (SSSR count). The van der Waals surface area contributed by atoms with Gasteiger partial charge in [0.1, 0.15) is 6.29 Å². The molecule has 0 bridgehead atoms. The molecule has 0 fully saturated rings. The van der Waals surface area contributed by atoms with Gasteiger partial charge in [-0.05, 0) is 30.8 Å². The molecular formula is C14H14N2O3S. The van der Waals surface area contributed by atoms with Gasteiger partial charge < -0.3 is 15.4 Å². The molecule has 5 nitrogen and oxygen atoms in total. The number of ether oxygens (including phenoxy) is 1. The van der Waals surface area contributed by atoms with Gasteiger partial charge in [0, 0.05) is 11.8 Å². The molecule has 1 aliphatic rings. The summed E-state index contributed by atoms with van der Waals surface area (Å²) in [5.41, 5.74) is 1.73. The maximum Gasteiger partial charge on any atom is 0.337 e. The van der Waals surface area contributed by atoms with E-state index in [2.05, 4.69) is 10.6 Å². The Balaban J connectivity index is 2.36. The zero-order valence-corrected chi connectivity index (χ0v) is 11.7. The maximum absolute atomic E-state index is 12.0. The van der Waals surface area contributed by atoms with Crippen LogP contribution in [-0.2, 0) is 9.53 Å². The Hall–Kier alpha value is -2.21. The van der Waals surface area contributed by atoms with Crippen molar-refractivity contribution in [2.24, 2.45) is 0 Å². The van der Waals surface area contributed by atoms with E-state index < -0.39 is 12.0 Å². The van der Waals surface area contributed by atoms with Gasteiger partial charge in [-0.2, -0.15) is 0 Å². The van der Waals surface area contributed by atoms with Crippen LogP contribution in [0, 0.1) is 0 Å². The number of carbonyl (C=O) groups is 2. The Morgan fingerprint density at radius 3 is 3.00 bits per heavy atom. The van der Waals surface area contributed by atoms with Crippen molar-refractivity contribution < 1.29 is 14.3 Å². The minimum atomic E-state index is -0.428. The van der Waals surface area contributed by atoms with E-state index in [9.17, 15) is 9.59 Å². The van der Waals surface area contributed by atoms with Crippen molar-refractivity contribution >= 4 is 29.6 Å². The number of rotatable bonds is 4. The molecule has 0 saturated heterocycles. The van der Waals surface area contributed by atoms with Crippen LogP contribution in [-0.4, -0.2) is 24.0 Å². The number of esters is 1. The molecule has 0 spiro atoms. The minimum absolute atomic E-state index is 0.293. The number of hydrogen-bond donors (Lipinski definition) is 2. The summed E-state index contributed by atoms with van der Waals surface area (Å²) in [4.78, 5) is 22.8. The third-order valence-electron chi connectivity index (χ3n) is 2.84. The second-order valence-corrected chi connectivity index (χ2v) is 4.57. The zero-order chi connectivity index (χ0) is 14.5. The highest BCUT2D eigenvalue weighted by molar-refractivity contribution is 7.80. The van der Waals surface area contributed by atoms with Crippen LogP contribution >= 0.6 is 12.2 Å². The fourth-order valence-corrected chi connectivity index (χ4v) is 2.12. The molecule has 20 heavy (non-hydrogen) atoms. The van der Waals surface area contributed by atoms with Crippen molar-refractivity contribution in [3.05, 3.63) is 47.2 Å². The molecule has 6 heteroatoms. The van der Waals surface area contributed by atoms with Crippen molar-refractivity contribution in [2.75, 3.05) is 6.61 Å². The van der Waals surface area contributed by atoms with Crippen LogP contribution in [0.2, 0.25) is 0 Å². The van der Waals surface area contributed by atoms with E-state index >= 15 is 0 Å². The Morgan fingerprint density at radius 2 is 2.30 bits per heavy atom. The first-order valence-electron chi connectivity index (χ1n) is 6.15. The van der Waals surface area contributed by atoms with Crippen LogP contribution in [0.4, 0.5) is 0 Å². The molecule has 1 atom stereocenters. The Morgan fingerprint density at radius 1 is 1.50 bits per heavy atom. The van der Waals surface area contributed by atoms with Crippen LogP contribution in [0.25, 0.3) is 0 Å². The fourth-order valence-electron chi connectivity index (χ4n) is 1.94. The summed E-state index contributed by atoms with van der Waals surface area (Å²) in [6, 6.07) is 6.57. The number of aldehydes is 1. The summed E-state index contributed by atoms with van der Waals surface area (Å²) in [5.74, 6) is -0.420. The first-order valence-corrected chi connectivity index (χ1v) is 6.56. The fraction of sp³-hybridized carbons (Fsp3) is 0.214. The lowest BCUT2D eigenvalue weighted by Crippen LogP contribution is -2.42. The molecule has 1 aromatic carbocycles. The SMILES string of the molecule is CCOC(=O)C1=CNC(=S)NC1c1cccc(C=O)c1. The number of benzene rings is 1. The summed E-state index contributed by atoms with van der Waals surface area (Å²) in [5, 5.41) is 6.21. The molecule has 1 unspecified atom stereocenters. The molecule has 104 valence electrons. The molecule has 0 aromatic heterocycles. The van der Waals surface area contributed by atoms with Crippen LogP contribution in [0.1, 0.15) is 28.9 Å². The smallest absolute Gasteiger partial charge is 0.337 e. The molecule has 0 saturated carbocycles. The van der Waals surface area contributed by atoms with E-state index in [0.29, 0.717) is 22.9 Å². The summed E-state index contributed by atoms with van der Waals surface area (Å²) in [7, 11) is 0. The first kappa shape index (κ1) is 14.2. The lowest BCUT2D eigenvalue weighted by atomic mass is 9.97. The molecule has 1 aromatic rings. The van der Waals surface area contributed by atoms with Crippen molar-refractivity contribution in [3.63, 3.8) is 0 Å². The second kappa shape index (κ2) is 6.29. The van der Waals surface area contributed by atoms with Gasteiger partial charge in [0.15, 0.2) is 5.11 Å². The van der Waals surface area contributed by atoms with E-state index in [1.807, 2.05) is 6.07 Å². The quantitative estimate of drug-likeness (QED) is 0.497. The largest absolute Gasteiger partial charge is 0.463 e. The van der Waals surface area contributed by atoms with Gasteiger partial charge >= 0.3 is 5.97 Å². The maximum atomic E-state index is 12.0.